The molecular weight excluding hydrogens is 290 g/mol. The molecule has 0 bridgehead atoms. The van der Waals surface area contributed by atoms with Crippen LogP contribution in [0, 0.1) is 0 Å². The molecule has 116 valence electrons. The third-order valence-electron chi connectivity index (χ3n) is 3.22. The van der Waals surface area contributed by atoms with Crippen LogP contribution < -0.4 is 5.32 Å². The first-order valence-electron chi connectivity index (χ1n) is 6.52. The molecule has 1 heterocycles. The number of benzene rings is 1. The summed E-state index contributed by atoms with van der Waals surface area (Å²) in [4.78, 5) is 48.5. The minimum atomic E-state index is -1.24. The van der Waals surface area contributed by atoms with E-state index in [1.807, 2.05) is 0 Å². The van der Waals surface area contributed by atoms with E-state index in [4.69, 9.17) is 0 Å². The highest BCUT2D eigenvalue weighted by Crippen LogP contribution is 2.13. The van der Waals surface area contributed by atoms with Crippen molar-refractivity contribution < 1.29 is 24.3 Å². The van der Waals surface area contributed by atoms with Crippen LogP contribution in [0.25, 0.3) is 0 Å². The van der Waals surface area contributed by atoms with Crippen molar-refractivity contribution in [3.05, 3.63) is 35.9 Å². The summed E-state index contributed by atoms with van der Waals surface area (Å²) >= 11 is 0. The summed E-state index contributed by atoms with van der Waals surface area (Å²) in [5.41, 5.74) is 0.402. The minimum Gasteiger partial charge on any atom is -0.479 e. The van der Waals surface area contributed by atoms with Crippen LogP contribution in [0.15, 0.2) is 30.3 Å². The molecule has 0 aliphatic carbocycles. The van der Waals surface area contributed by atoms with Crippen molar-refractivity contribution in [1.82, 2.24) is 15.1 Å². The molecule has 0 spiro atoms. The minimum absolute atomic E-state index is 0.0901. The zero-order chi connectivity index (χ0) is 16.3. The van der Waals surface area contributed by atoms with Gasteiger partial charge in [0.25, 0.3) is 5.91 Å². The SMILES string of the molecule is CN1CC(=O)N(CC(=O)N[C@@H](C(=O)O)c2ccccc2)C1=O. The molecule has 1 saturated heterocycles. The zero-order valence-corrected chi connectivity index (χ0v) is 11.9. The first-order chi connectivity index (χ1) is 10.4. The standard InChI is InChI=1S/C14H15N3O5/c1-16-8-11(19)17(14(16)22)7-10(18)15-12(13(20)21)9-5-3-2-4-6-9/h2-6,12H,7-8H2,1H3,(H,15,18)(H,20,21)/t12-/m1/s1. The first kappa shape index (κ1) is 15.5. The smallest absolute Gasteiger partial charge is 0.330 e. The molecule has 22 heavy (non-hydrogen) atoms. The van der Waals surface area contributed by atoms with Crippen LogP contribution in [-0.4, -0.2) is 58.9 Å². The molecule has 1 aromatic carbocycles. The van der Waals surface area contributed by atoms with Crippen molar-refractivity contribution >= 4 is 23.8 Å². The van der Waals surface area contributed by atoms with Crippen LogP contribution in [0.4, 0.5) is 4.79 Å². The number of imide groups is 1. The van der Waals surface area contributed by atoms with E-state index in [1.54, 1.807) is 30.3 Å². The number of nitrogens with one attached hydrogen (secondary N) is 1. The summed E-state index contributed by atoms with van der Waals surface area (Å²) in [6.07, 6.45) is 0. The molecule has 1 aliphatic heterocycles. The molecule has 1 atom stereocenters. The van der Waals surface area contributed by atoms with Gasteiger partial charge in [-0.3, -0.25) is 14.5 Å². The Balaban J connectivity index is 2.05. The number of urea groups is 1. The van der Waals surface area contributed by atoms with Crippen LogP contribution >= 0.6 is 0 Å². The Bertz CT molecular complexity index is 616. The highest BCUT2D eigenvalue weighted by atomic mass is 16.4. The normalized spacial score (nSPS) is 15.9. The summed E-state index contributed by atoms with van der Waals surface area (Å²) in [5, 5.41) is 11.5. The van der Waals surface area contributed by atoms with Crippen molar-refractivity contribution in [3.63, 3.8) is 0 Å². The number of carboxylic acids is 1. The summed E-state index contributed by atoms with van der Waals surface area (Å²) in [6.45, 7) is -0.591. The highest BCUT2D eigenvalue weighted by Gasteiger charge is 2.35. The van der Waals surface area contributed by atoms with Crippen molar-refractivity contribution in [2.45, 2.75) is 6.04 Å². The first-order valence-corrected chi connectivity index (χ1v) is 6.52. The Morgan fingerprint density at radius 2 is 1.91 bits per heavy atom. The molecule has 1 fully saturated rings. The maximum absolute atomic E-state index is 11.9. The van der Waals surface area contributed by atoms with Crippen LogP contribution in [0.1, 0.15) is 11.6 Å². The maximum atomic E-state index is 11.9. The molecule has 4 amide bonds. The summed E-state index contributed by atoms with van der Waals surface area (Å²) in [6, 6.07) is 6.35. The van der Waals surface area contributed by atoms with Crippen molar-refractivity contribution in [1.29, 1.82) is 0 Å². The monoisotopic (exact) mass is 305 g/mol. The van der Waals surface area contributed by atoms with Gasteiger partial charge in [-0.05, 0) is 5.56 Å². The predicted octanol–water partition coefficient (Wildman–Crippen LogP) is -0.177. The van der Waals surface area contributed by atoms with E-state index < -0.39 is 36.4 Å². The number of hydrogen-bond acceptors (Lipinski definition) is 4. The van der Waals surface area contributed by atoms with Crippen molar-refractivity contribution in [2.24, 2.45) is 0 Å². The highest BCUT2D eigenvalue weighted by molar-refractivity contribution is 6.04. The number of carbonyl (C=O) groups is 4. The number of likely N-dealkylation sites (N-methyl/N-ethyl adjacent to an activating group) is 1. The summed E-state index contributed by atoms with van der Waals surface area (Å²) < 4.78 is 0. The Morgan fingerprint density at radius 3 is 2.41 bits per heavy atom. The second kappa shape index (κ2) is 6.25. The molecule has 0 unspecified atom stereocenters. The van der Waals surface area contributed by atoms with Gasteiger partial charge in [-0.25, -0.2) is 9.59 Å². The quantitative estimate of drug-likeness (QED) is 0.734. The number of hydrogen-bond donors (Lipinski definition) is 2. The molecule has 1 aliphatic rings. The molecule has 8 nitrogen and oxygen atoms in total. The maximum Gasteiger partial charge on any atom is 0.330 e. The molecule has 2 N–H and O–H groups in total. The van der Waals surface area contributed by atoms with E-state index in [9.17, 15) is 24.3 Å². The number of rotatable bonds is 5. The number of aliphatic carboxylic acids is 1. The Kier molecular flexibility index (Phi) is 4.40. The van der Waals surface area contributed by atoms with Gasteiger partial charge in [0.15, 0.2) is 6.04 Å². The molecule has 2 rings (SSSR count). The average Bonchev–Trinajstić information content (AvgIpc) is 2.72. The molecule has 0 saturated carbocycles. The second-order valence-corrected chi connectivity index (χ2v) is 4.87. The van der Waals surface area contributed by atoms with Crippen molar-refractivity contribution in [2.75, 3.05) is 20.1 Å². The molecule has 0 aromatic heterocycles. The molecule has 1 aromatic rings. The van der Waals surface area contributed by atoms with E-state index in [0.29, 0.717) is 5.56 Å². The number of amides is 4. The van der Waals surface area contributed by atoms with E-state index in [2.05, 4.69) is 5.32 Å². The molecule has 8 heteroatoms. The third-order valence-corrected chi connectivity index (χ3v) is 3.22. The van der Waals surface area contributed by atoms with Gasteiger partial charge in [0.05, 0.1) is 0 Å². The second-order valence-electron chi connectivity index (χ2n) is 4.87. The van der Waals surface area contributed by atoms with Crippen LogP contribution in [0.3, 0.4) is 0 Å². The largest absolute Gasteiger partial charge is 0.479 e. The topological polar surface area (TPSA) is 107 Å². The van der Waals surface area contributed by atoms with Gasteiger partial charge in [0.1, 0.15) is 13.1 Å². The Hall–Kier alpha value is -2.90. The van der Waals surface area contributed by atoms with Crippen LogP contribution in [-0.2, 0) is 14.4 Å². The van der Waals surface area contributed by atoms with Gasteiger partial charge in [-0.1, -0.05) is 30.3 Å². The van der Waals surface area contributed by atoms with E-state index in [-0.39, 0.29) is 6.54 Å². The molecule has 0 radical (unpaired) electrons. The average molecular weight is 305 g/mol. The van der Waals surface area contributed by atoms with Crippen LogP contribution in [0.5, 0.6) is 0 Å². The summed E-state index contributed by atoms with van der Waals surface area (Å²) in [5.74, 6) is -2.43. The van der Waals surface area contributed by atoms with Crippen molar-refractivity contribution in [3.8, 4) is 0 Å². The van der Waals surface area contributed by atoms with Gasteiger partial charge in [-0.2, -0.15) is 0 Å². The van der Waals surface area contributed by atoms with Gasteiger partial charge in [0, 0.05) is 7.05 Å². The number of carboxylic acid groups (broad SMARTS) is 1. The molecular formula is C14H15N3O5. The lowest BCUT2D eigenvalue weighted by atomic mass is 10.1. The number of nitrogens with zero attached hydrogens (tertiary/aromatic N) is 2. The lowest BCUT2D eigenvalue weighted by Gasteiger charge is -2.18. The fourth-order valence-electron chi connectivity index (χ4n) is 2.11. The van der Waals surface area contributed by atoms with Gasteiger partial charge < -0.3 is 15.3 Å². The summed E-state index contributed by atoms with van der Waals surface area (Å²) in [7, 11) is 1.45. The fraction of sp³-hybridized carbons (Fsp3) is 0.286. The van der Waals surface area contributed by atoms with Gasteiger partial charge >= 0.3 is 12.0 Å². The lowest BCUT2D eigenvalue weighted by molar-refractivity contribution is -0.142. The van der Waals surface area contributed by atoms with E-state index in [0.717, 1.165) is 4.90 Å². The Labute approximate surface area is 126 Å². The Morgan fingerprint density at radius 1 is 1.27 bits per heavy atom. The van der Waals surface area contributed by atoms with Gasteiger partial charge in [0.2, 0.25) is 5.91 Å². The number of carbonyl (C=O) groups excluding carboxylic acids is 3. The van der Waals surface area contributed by atoms with E-state index in [1.165, 1.54) is 11.9 Å². The van der Waals surface area contributed by atoms with E-state index >= 15 is 0 Å². The van der Waals surface area contributed by atoms with Crippen LogP contribution in [0.2, 0.25) is 0 Å². The predicted molar refractivity (Wildman–Crippen MR) is 74.7 cm³/mol. The third kappa shape index (κ3) is 3.22. The fourth-order valence-corrected chi connectivity index (χ4v) is 2.11. The lowest BCUT2D eigenvalue weighted by Crippen LogP contribution is -2.43. The van der Waals surface area contributed by atoms with Gasteiger partial charge in [-0.15, -0.1) is 0 Å². The zero-order valence-electron chi connectivity index (χ0n) is 11.9.